The summed E-state index contributed by atoms with van der Waals surface area (Å²) in [4.78, 5) is 26.4. The zero-order valence-electron chi connectivity index (χ0n) is 10.1. The van der Waals surface area contributed by atoms with Gasteiger partial charge in [-0.05, 0) is 31.0 Å². The number of aromatic nitrogens is 2. The lowest BCUT2D eigenvalue weighted by atomic mass is 10.1. The van der Waals surface area contributed by atoms with Crippen LogP contribution in [0.2, 0.25) is 0 Å². The smallest absolute Gasteiger partial charge is 0.307 e. The molecule has 2 aromatic rings. The van der Waals surface area contributed by atoms with Crippen LogP contribution >= 0.6 is 0 Å². The van der Waals surface area contributed by atoms with Crippen LogP contribution in [0.15, 0.2) is 27.8 Å². The maximum Gasteiger partial charge on any atom is 0.328 e. The first kappa shape index (κ1) is 11.6. The van der Waals surface area contributed by atoms with Gasteiger partial charge in [0.2, 0.25) is 0 Å². The predicted molar refractivity (Wildman–Crippen MR) is 68.5 cm³/mol. The van der Waals surface area contributed by atoms with Gasteiger partial charge in [0, 0.05) is 6.54 Å². The molecule has 0 saturated heterocycles. The van der Waals surface area contributed by atoms with Crippen molar-refractivity contribution >= 4 is 10.9 Å². The zero-order valence-corrected chi connectivity index (χ0v) is 10.1. The lowest BCUT2D eigenvalue weighted by Gasteiger charge is -2.05. The second-order valence-corrected chi connectivity index (χ2v) is 4.11. The molecule has 4 nitrogen and oxygen atoms in total. The fourth-order valence-corrected chi connectivity index (χ4v) is 2.03. The molecule has 2 rings (SSSR count). The van der Waals surface area contributed by atoms with Crippen LogP contribution < -0.4 is 11.2 Å². The van der Waals surface area contributed by atoms with Gasteiger partial charge < -0.3 is 4.98 Å². The topological polar surface area (TPSA) is 54.9 Å². The molecule has 1 aromatic heterocycles. The van der Waals surface area contributed by atoms with E-state index in [-0.39, 0.29) is 11.2 Å². The Morgan fingerprint density at radius 3 is 2.65 bits per heavy atom. The molecule has 0 aliphatic rings. The van der Waals surface area contributed by atoms with Crippen molar-refractivity contribution in [2.75, 3.05) is 0 Å². The van der Waals surface area contributed by atoms with Gasteiger partial charge in [-0.25, -0.2) is 4.79 Å². The molecule has 1 aromatic carbocycles. The standard InChI is InChI=1S/C13H16N2O2/c1-3-5-9-6-7-11-10(8-9)12(16)15(4-2)13(17)14-11/h6-8H,3-5H2,1-2H3,(H,14,17). The van der Waals surface area contributed by atoms with Gasteiger partial charge in [0.25, 0.3) is 5.56 Å². The van der Waals surface area contributed by atoms with Crippen molar-refractivity contribution in [2.45, 2.75) is 33.2 Å². The third-order valence-electron chi connectivity index (χ3n) is 2.90. The van der Waals surface area contributed by atoms with E-state index in [0.29, 0.717) is 17.4 Å². The van der Waals surface area contributed by atoms with Crippen molar-refractivity contribution in [3.05, 3.63) is 44.6 Å². The molecule has 0 aliphatic heterocycles. The minimum Gasteiger partial charge on any atom is -0.307 e. The molecule has 0 saturated carbocycles. The molecule has 0 spiro atoms. The summed E-state index contributed by atoms with van der Waals surface area (Å²) >= 11 is 0. The molecule has 0 bridgehead atoms. The maximum absolute atomic E-state index is 12.1. The van der Waals surface area contributed by atoms with E-state index < -0.39 is 0 Å². The lowest BCUT2D eigenvalue weighted by Crippen LogP contribution is -2.34. The van der Waals surface area contributed by atoms with E-state index in [1.54, 1.807) is 6.92 Å². The molecule has 0 unspecified atom stereocenters. The van der Waals surface area contributed by atoms with Crippen LogP contribution in [0.1, 0.15) is 25.8 Å². The van der Waals surface area contributed by atoms with Gasteiger partial charge in [-0.2, -0.15) is 0 Å². The van der Waals surface area contributed by atoms with E-state index in [1.807, 2.05) is 18.2 Å². The molecule has 0 amide bonds. The average Bonchev–Trinajstić information content (AvgIpc) is 2.31. The van der Waals surface area contributed by atoms with Crippen LogP contribution in [0, 0.1) is 0 Å². The third-order valence-corrected chi connectivity index (χ3v) is 2.90. The van der Waals surface area contributed by atoms with Gasteiger partial charge in [0.1, 0.15) is 0 Å². The Morgan fingerprint density at radius 2 is 2.00 bits per heavy atom. The maximum atomic E-state index is 12.1. The first-order valence-electron chi connectivity index (χ1n) is 5.93. The number of nitrogens with zero attached hydrogens (tertiary/aromatic N) is 1. The average molecular weight is 232 g/mol. The highest BCUT2D eigenvalue weighted by atomic mass is 16.2. The SMILES string of the molecule is CCCc1ccc2[nH]c(=O)n(CC)c(=O)c2c1. The van der Waals surface area contributed by atoms with Crippen LogP contribution in [0.4, 0.5) is 0 Å². The molecular formula is C13H16N2O2. The van der Waals surface area contributed by atoms with Crippen molar-refractivity contribution in [2.24, 2.45) is 0 Å². The number of fused-ring (bicyclic) bond motifs is 1. The normalized spacial score (nSPS) is 10.9. The van der Waals surface area contributed by atoms with E-state index in [0.717, 1.165) is 18.4 Å². The van der Waals surface area contributed by atoms with Crippen molar-refractivity contribution in [3.63, 3.8) is 0 Å². The van der Waals surface area contributed by atoms with E-state index in [2.05, 4.69) is 11.9 Å². The minimum atomic E-state index is -0.340. The van der Waals surface area contributed by atoms with Crippen molar-refractivity contribution in [3.8, 4) is 0 Å². The van der Waals surface area contributed by atoms with Crippen molar-refractivity contribution < 1.29 is 0 Å². The van der Waals surface area contributed by atoms with Crippen LogP contribution in [0.5, 0.6) is 0 Å². The molecule has 17 heavy (non-hydrogen) atoms. The first-order valence-corrected chi connectivity index (χ1v) is 5.93. The Hall–Kier alpha value is -1.84. The van der Waals surface area contributed by atoms with E-state index in [1.165, 1.54) is 4.57 Å². The summed E-state index contributed by atoms with van der Waals surface area (Å²) in [6, 6.07) is 5.64. The minimum absolute atomic E-state index is 0.204. The first-order chi connectivity index (χ1) is 8.17. The summed E-state index contributed by atoms with van der Waals surface area (Å²) in [5, 5.41) is 0.595. The summed E-state index contributed by atoms with van der Waals surface area (Å²) in [5.41, 5.74) is 1.20. The number of hydrogen-bond acceptors (Lipinski definition) is 2. The molecule has 0 radical (unpaired) electrons. The molecule has 0 aliphatic carbocycles. The van der Waals surface area contributed by atoms with Crippen LogP contribution in [-0.2, 0) is 13.0 Å². The second kappa shape index (κ2) is 4.57. The summed E-state index contributed by atoms with van der Waals surface area (Å²) < 4.78 is 1.22. The Morgan fingerprint density at radius 1 is 1.24 bits per heavy atom. The van der Waals surface area contributed by atoms with Crippen LogP contribution in [0.3, 0.4) is 0 Å². The second-order valence-electron chi connectivity index (χ2n) is 4.11. The predicted octanol–water partition coefficient (Wildman–Crippen LogP) is 1.66. The highest BCUT2D eigenvalue weighted by Crippen LogP contribution is 2.10. The molecule has 1 heterocycles. The number of aryl methyl sites for hydroxylation is 1. The summed E-state index contributed by atoms with van der Waals surface area (Å²) in [6.07, 6.45) is 1.98. The number of nitrogens with one attached hydrogen (secondary N) is 1. The van der Waals surface area contributed by atoms with Gasteiger partial charge in [0.05, 0.1) is 10.9 Å². The van der Waals surface area contributed by atoms with Crippen molar-refractivity contribution in [1.29, 1.82) is 0 Å². The van der Waals surface area contributed by atoms with Gasteiger partial charge in [-0.3, -0.25) is 9.36 Å². The number of H-pyrrole nitrogens is 1. The zero-order chi connectivity index (χ0) is 12.4. The molecule has 90 valence electrons. The number of hydrogen-bond donors (Lipinski definition) is 1. The molecule has 0 atom stereocenters. The molecule has 1 N–H and O–H groups in total. The quantitative estimate of drug-likeness (QED) is 0.875. The lowest BCUT2D eigenvalue weighted by molar-refractivity contribution is 0.684. The molecular weight excluding hydrogens is 216 g/mol. The highest BCUT2D eigenvalue weighted by molar-refractivity contribution is 5.78. The fraction of sp³-hybridized carbons (Fsp3) is 0.385. The summed E-state index contributed by atoms with van der Waals surface area (Å²) in [5.74, 6) is 0. The number of aromatic amines is 1. The largest absolute Gasteiger partial charge is 0.328 e. The fourth-order valence-electron chi connectivity index (χ4n) is 2.03. The number of rotatable bonds is 3. The van der Waals surface area contributed by atoms with Gasteiger partial charge in [-0.15, -0.1) is 0 Å². The highest BCUT2D eigenvalue weighted by Gasteiger charge is 2.06. The van der Waals surface area contributed by atoms with Crippen LogP contribution in [-0.4, -0.2) is 9.55 Å². The number of benzene rings is 1. The Balaban J connectivity index is 2.76. The third kappa shape index (κ3) is 2.02. The van der Waals surface area contributed by atoms with E-state index in [4.69, 9.17) is 0 Å². The molecule has 0 fully saturated rings. The van der Waals surface area contributed by atoms with Crippen LogP contribution in [0.25, 0.3) is 10.9 Å². The molecule has 4 heteroatoms. The van der Waals surface area contributed by atoms with E-state index >= 15 is 0 Å². The summed E-state index contributed by atoms with van der Waals surface area (Å²) in [6.45, 7) is 4.28. The van der Waals surface area contributed by atoms with Gasteiger partial charge in [0.15, 0.2) is 0 Å². The Bertz CT molecular complexity index is 652. The van der Waals surface area contributed by atoms with E-state index in [9.17, 15) is 9.59 Å². The van der Waals surface area contributed by atoms with Crippen molar-refractivity contribution in [1.82, 2.24) is 9.55 Å². The van der Waals surface area contributed by atoms with Gasteiger partial charge >= 0.3 is 5.69 Å². The monoisotopic (exact) mass is 232 g/mol. The van der Waals surface area contributed by atoms with Gasteiger partial charge in [-0.1, -0.05) is 19.4 Å². The Kier molecular flexibility index (Phi) is 3.13. The summed E-state index contributed by atoms with van der Waals surface area (Å²) in [7, 11) is 0. The Labute approximate surface area is 98.9 Å².